The topological polar surface area (TPSA) is 50.4 Å². The van der Waals surface area contributed by atoms with Crippen molar-refractivity contribution < 1.29 is 13.9 Å². The highest BCUT2D eigenvalue weighted by Gasteiger charge is 2.01. The molecule has 0 spiro atoms. The average molecular weight is 337 g/mol. The van der Waals surface area contributed by atoms with E-state index >= 15 is 0 Å². The summed E-state index contributed by atoms with van der Waals surface area (Å²) < 4.78 is 17.6. The first-order valence-electron chi connectivity index (χ1n) is 6.57. The van der Waals surface area contributed by atoms with Crippen LogP contribution in [0.2, 0.25) is 0 Å². The highest BCUT2D eigenvalue weighted by Crippen LogP contribution is 2.18. The van der Waals surface area contributed by atoms with E-state index in [1.807, 2.05) is 0 Å². The van der Waals surface area contributed by atoms with Gasteiger partial charge in [-0.25, -0.2) is 4.39 Å². The Balaban J connectivity index is 0.00000400. The van der Waals surface area contributed by atoms with Crippen molar-refractivity contribution in [2.24, 2.45) is 0 Å². The molecule has 4 nitrogen and oxygen atoms in total. The molecule has 0 bridgehead atoms. The highest BCUT2D eigenvalue weighted by atomic mass is 35.5. The van der Waals surface area contributed by atoms with Crippen molar-refractivity contribution in [3.05, 3.63) is 30.1 Å². The van der Waals surface area contributed by atoms with Crippen LogP contribution in [0, 0.1) is 5.82 Å². The van der Waals surface area contributed by atoms with Crippen molar-refractivity contribution in [3.63, 3.8) is 0 Å². The minimum Gasteiger partial charge on any atom is -0.383 e. The molecule has 0 unspecified atom stereocenters. The summed E-state index contributed by atoms with van der Waals surface area (Å²) in [7, 11) is 1.66. The average Bonchev–Trinajstić information content (AvgIpc) is 2.45. The Hall–Kier alpha value is -0.820. The summed E-state index contributed by atoms with van der Waals surface area (Å²) in [6.45, 7) is 2.80. The number of halogens is 2. The van der Waals surface area contributed by atoms with E-state index in [-0.39, 0.29) is 24.1 Å². The van der Waals surface area contributed by atoms with Crippen molar-refractivity contribution in [3.8, 4) is 0 Å². The summed E-state index contributed by atoms with van der Waals surface area (Å²) in [5.74, 6) is 0.482. The van der Waals surface area contributed by atoms with Gasteiger partial charge in [0.25, 0.3) is 0 Å². The minimum atomic E-state index is -0.243. The first kappa shape index (κ1) is 20.2. The Bertz CT molecular complexity index is 393. The largest absolute Gasteiger partial charge is 0.383 e. The maximum Gasteiger partial charge on any atom is 0.220 e. The number of rotatable bonds is 10. The summed E-state index contributed by atoms with van der Waals surface area (Å²) in [6, 6.07) is 6.29. The second kappa shape index (κ2) is 12.9. The van der Waals surface area contributed by atoms with Gasteiger partial charge < -0.3 is 15.4 Å². The molecule has 0 radical (unpaired) electrons. The highest BCUT2D eigenvalue weighted by molar-refractivity contribution is 7.99. The van der Waals surface area contributed by atoms with Crippen LogP contribution in [0.5, 0.6) is 0 Å². The van der Waals surface area contributed by atoms with Gasteiger partial charge in [-0.1, -0.05) is 0 Å². The van der Waals surface area contributed by atoms with E-state index in [0.717, 1.165) is 18.0 Å². The zero-order valence-electron chi connectivity index (χ0n) is 12.1. The fourth-order valence-corrected chi connectivity index (χ4v) is 2.32. The predicted molar refractivity (Wildman–Crippen MR) is 86.7 cm³/mol. The lowest BCUT2D eigenvalue weighted by Crippen LogP contribution is -2.33. The Morgan fingerprint density at radius 3 is 2.62 bits per heavy atom. The summed E-state index contributed by atoms with van der Waals surface area (Å²) in [4.78, 5) is 12.5. The Labute approximate surface area is 135 Å². The van der Waals surface area contributed by atoms with Gasteiger partial charge in [-0.2, -0.15) is 0 Å². The Kier molecular flexibility index (Phi) is 12.4. The van der Waals surface area contributed by atoms with Crippen LogP contribution in [0.4, 0.5) is 4.39 Å². The van der Waals surface area contributed by atoms with E-state index in [2.05, 4.69) is 10.6 Å². The van der Waals surface area contributed by atoms with Gasteiger partial charge in [-0.15, -0.1) is 24.2 Å². The normalized spacial score (nSPS) is 10.0. The van der Waals surface area contributed by atoms with Crippen LogP contribution in [0.3, 0.4) is 0 Å². The van der Waals surface area contributed by atoms with Gasteiger partial charge >= 0.3 is 0 Å². The fraction of sp³-hybridized carbons (Fsp3) is 0.500. The number of carbonyl (C=O) groups excluding carboxylic acids is 1. The molecule has 2 N–H and O–H groups in total. The Morgan fingerprint density at radius 1 is 1.24 bits per heavy atom. The molecular formula is C14H22ClFN2O2S. The molecule has 0 aliphatic heterocycles. The van der Waals surface area contributed by atoms with Crippen molar-refractivity contribution in [2.45, 2.75) is 11.3 Å². The summed E-state index contributed by atoms with van der Waals surface area (Å²) in [6.07, 6.45) is 0.458. The van der Waals surface area contributed by atoms with Crippen LogP contribution < -0.4 is 10.6 Å². The monoisotopic (exact) mass is 336 g/mol. The molecule has 0 aliphatic rings. The van der Waals surface area contributed by atoms with E-state index in [9.17, 15) is 9.18 Å². The first-order valence-corrected chi connectivity index (χ1v) is 7.55. The zero-order valence-corrected chi connectivity index (χ0v) is 13.7. The van der Waals surface area contributed by atoms with Gasteiger partial charge in [-0.3, -0.25) is 4.79 Å². The molecular weight excluding hydrogens is 315 g/mol. The van der Waals surface area contributed by atoms with E-state index in [1.54, 1.807) is 31.0 Å². The molecule has 120 valence electrons. The van der Waals surface area contributed by atoms with E-state index in [1.165, 1.54) is 12.1 Å². The lowest BCUT2D eigenvalue weighted by molar-refractivity contribution is -0.120. The van der Waals surface area contributed by atoms with Crippen LogP contribution in [-0.4, -0.2) is 45.0 Å². The van der Waals surface area contributed by atoms with Gasteiger partial charge in [0.15, 0.2) is 0 Å². The molecule has 1 rings (SSSR count). The quantitative estimate of drug-likeness (QED) is 0.507. The molecule has 0 aromatic heterocycles. The number of methoxy groups -OCH3 is 1. The molecule has 1 aromatic carbocycles. The lowest BCUT2D eigenvalue weighted by Gasteiger charge is -2.06. The first-order chi connectivity index (χ1) is 9.72. The molecule has 0 fully saturated rings. The number of carbonyl (C=O) groups is 1. The molecule has 7 heteroatoms. The smallest absolute Gasteiger partial charge is 0.220 e. The van der Waals surface area contributed by atoms with Crippen molar-refractivity contribution >= 4 is 30.1 Å². The maximum absolute atomic E-state index is 12.7. The summed E-state index contributed by atoms with van der Waals surface area (Å²) in [5.41, 5.74) is 0. The van der Waals surface area contributed by atoms with Gasteiger partial charge in [0.05, 0.1) is 6.61 Å². The number of amides is 1. The number of thioether (sulfide) groups is 1. The van der Waals surface area contributed by atoms with E-state index < -0.39 is 0 Å². The summed E-state index contributed by atoms with van der Waals surface area (Å²) >= 11 is 1.55. The van der Waals surface area contributed by atoms with Gasteiger partial charge in [0.1, 0.15) is 5.82 Å². The minimum absolute atomic E-state index is 0. The van der Waals surface area contributed by atoms with Gasteiger partial charge in [-0.05, 0) is 24.3 Å². The van der Waals surface area contributed by atoms with Crippen molar-refractivity contribution in [1.29, 1.82) is 0 Å². The molecule has 0 aliphatic carbocycles. The van der Waals surface area contributed by atoms with Crippen LogP contribution >= 0.6 is 24.2 Å². The Morgan fingerprint density at radius 2 is 1.95 bits per heavy atom. The third kappa shape index (κ3) is 10.5. The number of benzene rings is 1. The van der Waals surface area contributed by atoms with Crippen LogP contribution in [0.1, 0.15) is 6.42 Å². The number of hydrogen-bond acceptors (Lipinski definition) is 4. The molecule has 0 saturated carbocycles. The van der Waals surface area contributed by atoms with Crippen LogP contribution in [0.15, 0.2) is 29.2 Å². The number of ether oxygens (including phenoxy) is 1. The van der Waals surface area contributed by atoms with Gasteiger partial charge in [0.2, 0.25) is 5.91 Å². The molecule has 0 heterocycles. The lowest BCUT2D eigenvalue weighted by atomic mass is 10.4. The standard InChI is InChI=1S/C14H21FN2O2S.ClH/c1-19-10-9-16-7-8-17-14(18)6-11-20-13-4-2-12(15)3-5-13;/h2-5,16H,6-11H2,1H3,(H,17,18);1H. The SMILES string of the molecule is COCCNCCNC(=O)CCSc1ccc(F)cc1.Cl. The van der Waals surface area contributed by atoms with Crippen molar-refractivity contribution in [1.82, 2.24) is 10.6 Å². The van der Waals surface area contributed by atoms with Crippen molar-refractivity contribution in [2.75, 3.05) is 39.1 Å². The molecule has 1 amide bonds. The fourth-order valence-electron chi connectivity index (χ4n) is 1.47. The number of nitrogens with one attached hydrogen (secondary N) is 2. The second-order valence-corrected chi connectivity index (χ2v) is 5.31. The van der Waals surface area contributed by atoms with Crippen LogP contribution in [-0.2, 0) is 9.53 Å². The predicted octanol–water partition coefficient (Wildman–Crippen LogP) is 2.08. The number of hydrogen-bond donors (Lipinski definition) is 2. The van der Waals surface area contributed by atoms with E-state index in [4.69, 9.17) is 4.74 Å². The molecule has 1 aromatic rings. The molecule has 0 atom stereocenters. The second-order valence-electron chi connectivity index (χ2n) is 4.15. The van der Waals surface area contributed by atoms with E-state index in [0.29, 0.717) is 25.3 Å². The van der Waals surface area contributed by atoms with Crippen LogP contribution in [0.25, 0.3) is 0 Å². The molecule has 21 heavy (non-hydrogen) atoms. The maximum atomic E-state index is 12.7. The molecule has 0 saturated heterocycles. The third-order valence-corrected chi connectivity index (χ3v) is 3.53. The summed E-state index contributed by atoms with van der Waals surface area (Å²) in [5, 5.41) is 5.99. The zero-order chi connectivity index (χ0) is 14.6. The third-order valence-electron chi connectivity index (χ3n) is 2.52. The van der Waals surface area contributed by atoms with Gasteiger partial charge in [0, 0.05) is 43.8 Å².